The fourth-order valence-electron chi connectivity index (χ4n) is 7.04. The third kappa shape index (κ3) is 7.62. The molecule has 294 valence electrons. The molecule has 0 spiro atoms. The maximum absolute atomic E-state index is 13.9. The molecule has 56 heavy (non-hydrogen) atoms. The van der Waals surface area contributed by atoms with Crippen molar-refractivity contribution in [3.63, 3.8) is 0 Å². The molecule has 0 saturated heterocycles. The van der Waals surface area contributed by atoms with Gasteiger partial charge in [0.05, 0.1) is 49.4 Å². The molecule has 2 aromatic heterocycles. The summed E-state index contributed by atoms with van der Waals surface area (Å²) in [5.41, 5.74) is -0.281. The Bertz CT molecular complexity index is 2140. The highest BCUT2D eigenvalue weighted by Crippen LogP contribution is 2.53. The number of benzene rings is 3. The Labute approximate surface area is 333 Å². The van der Waals surface area contributed by atoms with E-state index < -0.39 is 45.9 Å². The van der Waals surface area contributed by atoms with Gasteiger partial charge in [-0.15, -0.1) is 0 Å². The quantitative estimate of drug-likeness (QED) is 0.0527. The molecule has 0 aliphatic heterocycles. The van der Waals surface area contributed by atoms with Crippen molar-refractivity contribution in [3.8, 4) is 11.5 Å². The van der Waals surface area contributed by atoms with Crippen molar-refractivity contribution in [2.45, 2.75) is 65.7 Å². The number of carbonyl (C=O) groups is 2. The van der Waals surface area contributed by atoms with Crippen LogP contribution in [0, 0.1) is 16.2 Å². The molecule has 6 rings (SSSR count). The lowest BCUT2D eigenvalue weighted by atomic mass is 9.78. The molecule has 1 aliphatic carbocycles. The van der Waals surface area contributed by atoms with E-state index in [0.717, 1.165) is 16.7 Å². The van der Waals surface area contributed by atoms with Crippen molar-refractivity contribution in [3.05, 3.63) is 126 Å². The van der Waals surface area contributed by atoms with Crippen LogP contribution in [-0.4, -0.2) is 65.0 Å². The smallest absolute Gasteiger partial charge is 0.311 e. The molecule has 3 atom stereocenters. The Morgan fingerprint density at radius 3 is 1.88 bits per heavy atom. The number of imidazole rings is 1. The first kappa shape index (κ1) is 40.4. The Balaban J connectivity index is 1.57. The van der Waals surface area contributed by atoms with Gasteiger partial charge in [-0.3, -0.25) is 9.59 Å². The molecule has 0 unspecified atom stereocenters. The summed E-state index contributed by atoms with van der Waals surface area (Å²) < 4.78 is 33.1. The average Bonchev–Trinajstić information content (AvgIpc) is 3.73. The van der Waals surface area contributed by atoms with Crippen LogP contribution < -0.4 is 9.47 Å². The van der Waals surface area contributed by atoms with Crippen LogP contribution >= 0.6 is 11.6 Å². The molecular formula is C44H49ClN4O7. The first-order chi connectivity index (χ1) is 26.5. The first-order valence-electron chi connectivity index (χ1n) is 18.4. The van der Waals surface area contributed by atoms with Crippen LogP contribution in [-0.2, 0) is 29.4 Å². The van der Waals surface area contributed by atoms with Gasteiger partial charge in [0, 0.05) is 6.42 Å². The van der Waals surface area contributed by atoms with Crippen molar-refractivity contribution in [1.82, 2.24) is 19.5 Å². The largest absolute Gasteiger partial charge is 0.497 e. The second-order valence-corrected chi connectivity index (χ2v) is 16.5. The first-order valence-corrected chi connectivity index (χ1v) is 18.8. The lowest BCUT2D eigenvalue weighted by molar-refractivity contribution is -0.175. The minimum absolute atomic E-state index is 0.100. The third-order valence-electron chi connectivity index (χ3n) is 10.4. The summed E-state index contributed by atoms with van der Waals surface area (Å²) in [7, 11) is 3.24. The summed E-state index contributed by atoms with van der Waals surface area (Å²) in [4.78, 5) is 40.6. The van der Waals surface area contributed by atoms with Crippen molar-refractivity contribution in [2.75, 3.05) is 27.4 Å². The van der Waals surface area contributed by atoms with Gasteiger partial charge >= 0.3 is 11.9 Å². The number of carbonyl (C=O) groups excluding carboxylic acids is 2. The Kier molecular flexibility index (Phi) is 11.3. The molecule has 1 saturated carbocycles. The average molecular weight is 781 g/mol. The van der Waals surface area contributed by atoms with Gasteiger partial charge in [0.1, 0.15) is 41.7 Å². The molecule has 0 N–H and O–H groups in total. The molecule has 3 aromatic carbocycles. The van der Waals surface area contributed by atoms with Gasteiger partial charge in [0.25, 0.3) is 0 Å². The van der Waals surface area contributed by atoms with Crippen molar-refractivity contribution in [2.24, 2.45) is 16.2 Å². The van der Waals surface area contributed by atoms with Gasteiger partial charge in [-0.25, -0.2) is 15.0 Å². The number of aromatic nitrogens is 4. The molecule has 11 nitrogen and oxygen atoms in total. The molecule has 0 amide bonds. The van der Waals surface area contributed by atoms with Crippen LogP contribution in [0.15, 0.2) is 104 Å². The fourth-order valence-corrected chi connectivity index (χ4v) is 7.22. The number of hydrogen-bond acceptors (Lipinski definition) is 10. The van der Waals surface area contributed by atoms with Crippen LogP contribution in [0.2, 0.25) is 5.15 Å². The Hall–Kier alpha value is -5.26. The topological polar surface area (TPSA) is 124 Å². The van der Waals surface area contributed by atoms with Crippen molar-refractivity contribution >= 4 is 34.7 Å². The minimum Gasteiger partial charge on any atom is -0.497 e. The maximum Gasteiger partial charge on any atom is 0.311 e. The number of nitrogens with zero attached hydrogens (tertiary/aromatic N) is 4. The highest BCUT2D eigenvalue weighted by atomic mass is 35.5. The van der Waals surface area contributed by atoms with Crippen LogP contribution in [0.3, 0.4) is 0 Å². The summed E-state index contributed by atoms with van der Waals surface area (Å²) >= 11 is 6.45. The molecule has 0 radical (unpaired) electrons. The molecule has 2 heterocycles. The molecular weight excluding hydrogens is 732 g/mol. The Morgan fingerprint density at radius 2 is 1.34 bits per heavy atom. The van der Waals surface area contributed by atoms with E-state index in [0.29, 0.717) is 28.2 Å². The van der Waals surface area contributed by atoms with Crippen LogP contribution in [0.1, 0.15) is 70.7 Å². The molecule has 0 bridgehead atoms. The highest BCUT2D eigenvalue weighted by Gasteiger charge is 2.57. The maximum atomic E-state index is 13.9. The van der Waals surface area contributed by atoms with E-state index in [1.165, 1.54) is 6.33 Å². The number of rotatable bonds is 12. The summed E-state index contributed by atoms with van der Waals surface area (Å²) in [6.45, 7) is 15.1. The molecule has 5 aromatic rings. The van der Waals surface area contributed by atoms with E-state index in [1.807, 2.05) is 83.4 Å². The zero-order valence-electron chi connectivity index (χ0n) is 33.2. The van der Waals surface area contributed by atoms with E-state index in [4.69, 9.17) is 35.3 Å². The third-order valence-corrected chi connectivity index (χ3v) is 10.7. The van der Waals surface area contributed by atoms with Gasteiger partial charge in [0.15, 0.2) is 10.8 Å². The van der Waals surface area contributed by atoms with E-state index in [1.54, 1.807) is 62.1 Å². The van der Waals surface area contributed by atoms with Crippen LogP contribution in [0.5, 0.6) is 11.5 Å². The minimum atomic E-state index is -1.28. The number of fused-ring (bicyclic) bond motifs is 1. The van der Waals surface area contributed by atoms with E-state index in [9.17, 15) is 9.59 Å². The molecule has 1 fully saturated rings. The fraction of sp³-hybridized carbons (Fsp3) is 0.386. The summed E-state index contributed by atoms with van der Waals surface area (Å²) in [6, 6.07) is 24.7. The van der Waals surface area contributed by atoms with E-state index >= 15 is 0 Å². The number of ether oxygens (including phenoxy) is 5. The van der Waals surface area contributed by atoms with Crippen molar-refractivity contribution in [1.29, 1.82) is 0 Å². The SMILES string of the molecule is C=C1[C@@H](n2cnc3c(Cl)ncnc32)C[C@H](OC(=O)C(C)(C)C)[C@]1(COC(=O)C(C)(C)C)COC(c1ccccc1)(c1ccc(OC)cc1)c1ccc(OC)cc1. The number of halogens is 1. The second-order valence-electron chi connectivity index (χ2n) is 16.2. The predicted molar refractivity (Wildman–Crippen MR) is 214 cm³/mol. The van der Waals surface area contributed by atoms with E-state index in [2.05, 4.69) is 21.5 Å². The Morgan fingerprint density at radius 1 is 0.786 bits per heavy atom. The second kappa shape index (κ2) is 15.7. The monoisotopic (exact) mass is 780 g/mol. The zero-order chi connectivity index (χ0) is 40.5. The highest BCUT2D eigenvalue weighted by molar-refractivity contribution is 6.33. The van der Waals surface area contributed by atoms with Gasteiger partial charge < -0.3 is 28.3 Å². The van der Waals surface area contributed by atoms with Gasteiger partial charge in [0.2, 0.25) is 0 Å². The summed E-state index contributed by atoms with van der Waals surface area (Å²) in [5.74, 6) is 0.492. The van der Waals surface area contributed by atoms with Crippen molar-refractivity contribution < 1.29 is 33.3 Å². The number of methoxy groups -OCH3 is 2. The lowest BCUT2D eigenvalue weighted by Crippen LogP contribution is -2.48. The molecule has 12 heteroatoms. The van der Waals surface area contributed by atoms with Crippen LogP contribution in [0.25, 0.3) is 11.2 Å². The molecule has 1 aliphatic rings. The van der Waals surface area contributed by atoms with Gasteiger partial charge in [-0.2, -0.15) is 0 Å². The van der Waals surface area contributed by atoms with E-state index in [-0.39, 0.29) is 24.8 Å². The normalized spacial score (nSPS) is 18.8. The van der Waals surface area contributed by atoms with Gasteiger partial charge in [-0.1, -0.05) is 72.8 Å². The predicted octanol–water partition coefficient (Wildman–Crippen LogP) is 8.54. The number of esters is 2. The number of hydrogen-bond donors (Lipinski definition) is 0. The van der Waals surface area contributed by atoms with Gasteiger partial charge in [-0.05, 0) is 88.1 Å². The lowest BCUT2D eigenvalue weighted by Gasteiger charge is -2.42. The van der Waals surface area contributed by atoms with Crippen LogP contribution in [0.4, 0.5) is 0 Å². The summed E-state index contributed by atoms with van der Waals surface area (Å²) in [5, 5.41) is 0.202. The summed E-state index contributed by atoms with van der Waals surface area (Å²) in [6.07, 6.45) is 2.39. The standard InChI is InChI=1S/C44H49ClN4O7/c1-28-34(49-27-48-36-37(45)46-26-47-38(36)49)23-35(56-40(51)42(5,6)7)43(28,24-54-39(50)41(2,3)4)25-55-44(29-13-11-10-12-14-29,30-15-19-32(52-8)20-16-30)31-17-21-33(53-9)22-18-31/h10-22,26-27,34-35H,1,23-25H2,2-9H3/t34-,35-,43+/m0/s1. The zero-order valence-corrected chi connectivity index (χ0v) is 33.9.